The van der Waals surface area contributed by atoms with Crippen LogP contribution in [0.15, 0.2) is 53.4 Å². The van der Waals surface area contributed by atoms with Crippen molar-refractivity contribution in [2.75, 3.05) is 16.4 Å². The molecule has 6 nitrogen and oxygen atoms in total. The molecule has 0 aliphatic carbocycles. The second kappa shape index (κ2) is 11.3. The molecular weight excluding hydrogens is 542 g/mol. The van der Waals surface area contributed by atoms with Gasteiger partial charge in [0.05, 0.1) is 37.0 Å². The van der Waals surface area contributed by atoms with Gasteiger partial charge in [0, 0.05) is 16.3 Å². The summed E-state index contributed by atoms with van der Waals surface area (Å²) in [6.07, 6.45) is 0. The zero-order valence-corrected chi connectivity index (χ0v) is 21.3. The molecule has 0 saturated carbocycles. The molecule has 0 atom stereocenters. The van der Waals surface area contributed by atoms with Crippen molar-refractivity contribution in [2.45, 2.75) is 11.8 Å². The Balaban J connectivity index is 1.75. The molecule has 176 valence electrons. The van der Waals surface area contributed by atoms with Crippen LogP contribution in [0, 0.1) is 6.92 Å². The number of aromatic carboxylic acids is 1. The van der Waals surface area contributed by atoms with E-state index in [9.17, 15) is 19.5 Å². The molecular formula is C23H16Cl4N2O4S. The summed E-state index contributed by atoms with van der Waals surface area (Å²) < 4.78 is 0. The van der Waals surface area contributed by atoms with Crippen molar-refractivity contribution in [3.05, 3.63) is 85.3 Å². The summed E-state index contributed by atoms with van der Waals surface area (Å²) in [6.45, 7) is 1.90. The van der Waals surface area contributed by atoms with Crippen LogP contribution in [0.4, 0.5) is 11.4 Å². The topological polar surface area (TPSA) is 95.5 Å². The predicted octanol–water partition coefficient (Wildman–Crippen LogP) is 7.29. The number of halogens is 4. The van der Waals surface area contributed by atoms with Crippen LogP contribution < -0.4 is 10.6 Å². The molecule has 3 N–H and O–H groups in total. The molecule has 3 aromatic rings. The van der Waals surface area contributed by atoms with Gasteiger partial charge in [-0.1, -0.05) is 70.7 Å². The fourth-order valence-corrected chi connectivity index (χ4v) is 4.73. The van der Waals surface area contributed by atoms with Gasteiger partial charge in [0.2, 0.25) is 5.91 Å². The molecule has 3 rings (SSSR count). The zero-order valence-electron chi connectivity index (χ0n) is 17.4. The second-order valence-corrected chi connectivity index (χ2v) is 9.51. The van der Waals surface area contributed by atoms with Crippen molar-refractivity contribution in [3.63, 3.8) is 0 Å². The van der Waals surface area contributed by atoms with E-state index < -0.39 is 28.0 Å². The molecule has 0 spiro atoms. The molecule has 0 saturated heterocycles. The van der Waals surface area contributed by atoms with Crippen LogP contribution in [-0.2, 0) is 4.79 Å². The molecule has 34 heavy (non-hydrogen) atoms. The number of carbonyl (C=O) groups excluding carboxylic acids is 2. The number of thioether (sulfide) groups is 1. The smallest absolute Gasteiger partial charge is 0.338 e. The highest BCUT2D eigenvalue weighted by Gasteiger charge is 2.29. The third-order valence-electron chi connectivity index (χ3n) is 4.59. The molecule has 0 bridgehead atoms. The fourth-order valence-electron chi connectivity index (χ4n) is 2.95. The third-order valence-corrected chi connectivity index (χ3v) is 7.38. The van der Waals surface area contributed by atoms with E-state index in [1.54, 1.807) is 24.3 Å². The first-order valence-corrected chi connectivity index (χ1v) is 12.1. The van der Waals surface area contributed by atoms with Gasteiger partial charge in [0.1, 0.15) is 0 Å². The quantitative estimate of drug-likeness (QED) is 0.161. The first-order chi connectivity index (χ1) is 16.1. The number of hydrogen-bond acceptors (Lipinski definition) is 4. The number of hydrogen-bond donors (Lipinski definition) is 3. The Bertz CT molecular complexity index is 1300. The van der Waals surface area contributed by atoms with Gasteiger partial charge in [0.15, 0.2) is 0 Å². The Morgan fingerprint density at radius 2 is 1.50 bits per heavy atom. The number of rotatable bonds is 7. The minimum absolute atomic E-state index is 0.142. The number of carbonyl (C=O) groups is 3. The molecule has 0 fully saturated rings. The van der Waals surface area contributed by atoms with E-state index in [0.717, 1.165) is 11.3 Å². The summed E-state index contributed by atoms with van der Waals surface area (Å²) in [7, 11) is 0. The molecule has 11 heteroatoms. The number of carboxylic acids is 1. The molecule has 3 aromatic carbocycles. The Hall–Kier alpha value is -2.42. The number of carboxylic acid groups (broad SMARTS) is 1. The normalized spacial score (nSPS) is 10.6. The van der Waals surface area contributed by atoms with Gasteiger partial charge in [0.25, 0.3) is 5.91 Å². The maximum atomic E-state index is 12.9. The largest absolute Gasteiger partial charge is 0.478 e. The Morgan fingerprint density at radius 3 is 2.15 bits per heavy atom. The lowest BCUT2D eigenvalue weighted by molar-refractivity contribution is -0.113. The average molecular weight is 558 g/mol. The third kappa shape index (κ3) is 5.98. The van der Waals surface area contributed by atoms with Crippen LogP contribution in [-0.4, -0.2) is 28.6 Å². The highest BCUT2D eigenvalue weighted by Crippen LogP contribution is 2.41. The number of benzene rings is 3. The van der Waals surface area contributed by atoms with Crippen LogP contribution in [0.5, 0.6) is 0 Å². The minimum Gasteiger partial charge on any atom is -0.478 e. The van der Waals surface area contributed by atoms with E-state index in [2.05, 4.69) is 10.6 Å². The van der Waals surface area contributed by atoms with E-state index >= 15 is 0 Å². The average Bonchev–Trinajstić information content (AvgIpc) is 2.80. The molecule has 0 aromatic heterocycles. The first-order valence-electron chi connectivity index (χ1n) is 9.59. The molecule has 2 amide bonds. The van der Waals surface area contributed by atoms with Gasteiger partial charge in [-0.05, 0) is 36.8 Å². The summed E-state index contributed by atoms with van der Waals surface area (Å²) in [4.78, 5) is 37.6. The Morgan fingerprint density at radius 1 is 0.853 bits per heavy atom. The van der Waals surface area contributed by atoms with Crippen LogP contribution in [0.25, 0.3) is 0 Å². The minimum atomic E-state index is -1.49. The summed E-state index contributed by atoms with van der Waals surface area (Å²) in [5.41, 5.74) is 1.07. The van der Waals surface area contributed by atoms with Crippen molar-refractivity contribution in [3.8, 4) is 0 Å². The standard InChI is InChI=1S/C23H16Cl4N2O4S/c1-11-5-2-3-8-14(11)29-15(30)10-34-13-7-4-6-12(9-13)28-22(31)16-17(23(32)33)19(25)21(27)20(26)18(16)24/h2-9H,10H2,1H3,(H,28,31)(H,29,30)(H,32,33). The highest BCUT2D eigenvalue weighted by atomic mass is 35.5. The highest BCUT2D eigenvalue weighted by molar-refractivity contribution is 8.00. The maximum absolute atomic E-state index is 12.9. The zero-order chi connectivity index (χ0) is 25.0. The van der Waals surface area contributed by atoms with Gasteiger partial charge in [-0.2, -0.15) is 0 Å². The van der Waals surface area contributed by atoms with E-state index in [-0.39, 0.29) is 26.7 Å². The fraction of sp³-hybridized carbons (Fsp3) is 0.0870. The molecule has 0 heterocycles. The van der Waals surface area contributed by atoms with E-state index in [4.69, 9.17) is 46.4 Å². The van der Waals surface area contributed by atoms with Gasteiger partial charge in [-0.25, -0.2) is 4.79 Å². The number of nitrogens with one attached hydrogen (secondary N) is 2. The Labute approximate surface area is 219 Å². The number of anilines is 2. The van der Waals surface area contributed by atoms with Gasteiger partial charge < -0.3 is 15.7 Å². The molecule has 0 unspecified atom stereocenters. The van der Waals surface area contributed by atoms with Crippen molar-refractivity contribution in [2.24, 2.45) is 0 Å². The molecule has 0 aliphatic rings. The monoisotopic (exact) mass is 556 g/mol. The number of para-hydroxylation sites is 1. The lowest BCUT2D eigenvalue weighted by Gasteiger charge is -2.14. The molecule has 0 radical (unpaired) electrons. The van der Waals surface area contributed by atoms with E-state index in [0.29, 0.717) is 10.6 Å². The van der Waals surface area contributed by atoms with Gasteiger partial charge in [-0.15, -0.1) is 11.8 Å². The van der Waals surface area contributed by atoms with Gasteiger partial charge in [-0.3, -0.25) is 9.59 Å². The van der Waals surface area contributed by atoms with Crippen molar-refractivity contribution >= 4 is 87.3 Å². The van der Waals surface area contributed by atoms with Crippen LogP contribution >= 0.6 is 58.2 Å². The Kier molecular flexibility index (Phi) is 8.73. The van der Waals surface area contributed by atoms with Crippen LogP contribution in [0.2, 0.25) is 20.1 Å². The van der Waals surface area contributed by atoms with Crippen molar-refractivity contribution in [1.82, 2.24) is 0 Å². The second-order valence-electron chi connectivity index (χ2n) is 6.94. The maximum Gasteiger partial charge on any atom is 0.338 e. The lowest BCUT2D eigenvalue weighted by atomic mass is 10.1. The lowest BCUT2D eigenvalue weighted by Crippen LogP contribution is -2.18. The first kappa shape index (κ1) is 26.2. The SMILES string of the molecule is Cc1ccccc1NC(=O)CSc1cccc(NC(=O)c2c(Cl)c(Cl)c(Cl)c(Cl)c2C(=O)O)c1. The van der Waals surface area contributed by atoms with Crippen LogP contribution in [0.3, 0.4) is 0 Å². The predicted molar refractivity (Wildman–Crippen MR) is 138 cm³/mol. The van der Waals surface area contributed by atoms with E-state index in [1.165, 1.54) is 11.8 Å². The summed E-state index contributed by atoms with van der Waals surface area (Å²) in [6, 6.07) is 14.1. The van der Waals surface area contributed by atoms with Crippen molar-refractivity contribution in [1.29, 1.82) is 0 Å². The summed E-state index contributed by atoms with van der Waals surface area (Å²) in [5.74, 6) is -2.36. The van der Waals surface area contributed by atoms with Crippen LogP contribution in [0.1, 0.15) is 26.3 Å². The molecule has 0 aliphatic heterocycles. The van der Waals surface area contributed by atoms with E-state index in [1.807, 2.05) is 31.2 Å². The number of amides is 2. The summed E-state index contributed by atoms with van der Waals surface area (Å²) in [5, 5.41) is 13.7. The van der Waals surface area contributed by atoms with Gasteiger partial charge >= 0.3 is 5.97 Å². The number of aryl methyl sites for hydroxylation is 1. The van der Waals surface area contributed by atoms with Crippen molar-refractivity contribution < 1.29 is 19.5 Å². The summed E-state index contributed by atoms with van der Waals surface area (Å²) >= 11 is 25.3.